The number of nitrogens with one attached hydrogen (secondary N) is 1. The van der Waals surface area contributed by atoms with E-state index in [-0.39, 0.29) is 12.4 Å². The summed E-state index contributed by atoms with van der Waals surface area (Å²) in [6.45, 7) is 9.48. The van der Waals surface area contributed by atoms with Crippen LogP contribution >= 0.6 is 12.4 Å². The largest absolute Gasteiger partial charge is 0.377 e. The molecular weight excluding hydrogens is 162 g/mol. The maximum atomic E-state index is 5.56. The molecule has 68 valence electrons. The minimum Gasteiger partial charge on any atom is -0.377 e. The molecule has 0 aromatic carbocycles. The molecule has 0 bridgehead atoms. The van der Waals surface area contributed by atoms with Crippen LogP contribution in [0, 0.1) is 5.41 Å². The second-order valence-electron chi connectivity index (χ2n) is 3.92. The summed E-state index contributed by atoms with van der Waals surface area (Å²) in [5.41, 5.74) is 0.310. The molecule has 1 saturated heterocycles. The first-order valence-corrected chi connectivity index (χ1v) is 3.92. The van der Waals surface area contributed by atoms with Crippen LogP contribution in [0.25, 0.3) is 0 Å². The molecule has 1 N–H and O–H groups in total. The van der Waals surface area contributed by atoms with E-state index in [1.165, 1.54) is 0 Å². The van der Waals surface area contributed by atoms with Crippen LogP contribution in [0.3, 0.4) is 0 Å². The maximum absolute atomic E-state index is 5.56. The van der Waals surface area contributed by atoms with E-state index in [9.17, 15) is 0 Å². The van der Waals surface area contributed by atoms with E-state index in [0.717, 1.165) is 19.7 Å². The minimum absolute atomic E-state index is 0. The van der Waals surface area contributed by atoms with E-state index in [1.54, 1.807) is 0 Å². The van der Waals surface area contributed by atoms with Crippen molar-refractivity contribution in [3.05, 3.63) is 0 Å². The monoisotopic (exact) mass is 179 g/mol. The summed E-state index contributed by atoms with van der Waals surface area (Å²) < 4.78 is 5.56. The second-order valence-corrected chi connectivity index (χ2v) is 3.92. The molecule has 0 aliphatic carbocycles. The Morgan fingerprint density at radius 1 is 1.45 bits per heavy atom. The molecule has 1 atom stereocenters. The molecule has 1 heterocycles. The van der Waals surface area contributed by atoms with Gasteiger partial charge in [0.2, 0.25) is 0 Å². The Bertz CT molecular complexity index is 117. The third kappa shape index (κ3) is 3.94. The fraction of sp³-hybridized carbons (Fsp3) is 1.00. The average molecular weight is 180 g/mol. The number of ether oxygens (including phenoxy) is 1. The van der Waals surface area contributed by atoms with Crippen LogP contribution < -0.4 is 5.32 Å². The van der Waals surface area contributed by atoms with E-state index in [2.05, 4.69) is 26.1 Å². The predicted octanol–water partition coefficient (Wildman–Crippen LogP) is 1.44. The van der Waals surface area contributed by atoms with Crippen molar-refractivity contribution in [1.29, 1.82) is 0 Å². The molecule has 0 amide bonds. The third-order valence-corrected chi connectivity index (χ3v) is 1.79. The predicted molar refractivity (Wildman–Crippen MR) is 49.3 cm³/mol. The summed E-state index contributed by atoms with van der Waals surface area (Å²) in [5.74, 6) is 0. The molecule has 2 nitrogen and oxygen atoms in total. The van der Waals surface area contributed by atoms with Crippen molar-refractivity contribution in [2.24, 2.45) is 5.41 Å². The second kappa shape index (κ2) is 4.29. The first-order valence-electron chi connectivity index (χ1n) is 3.92. The number of rotatable bonds is 0. The van der Waals surface area contributed by atoms with Gasteiger partial charge in [-0.2, -0.15) is 0 Å². The van der Waals surface area contributed by atoms with Gasteiger partial charge in [-0.05, 0) is 6.92 Å². The third-order valence-electron chi connectivity index (χ3n) is 1.79. The van der Waals surface area contributed by atoms with Crippen molar-refractivity contribution in [2.45, 2.75) is 26.9 Å². The number of hydrogen-bond acceptors (Lipinski definition) is 2. The number of hydrogen-bond donors (Lipinski definition) is 1. The van der Waals surface area contributed by atoms with Crippen LogP contribution in [0.5, 0.6) is 0 Å². The van der Waals surface area contributed by atoms with E-state index in [4.69, 9.17) is 4.74 Å². The number of halogens is 1. The molecule has 1 rings (SSSR count). The highest BCUT2D eigenvalue weighted by Crippen LogP contribution is 2.16. The normalized spacial score (nSPS) is 30.3. The smallest absolute Gasteiger partial charge is 0.0671 e. The van der Waals surface area contributed by atoms with Crippen LogP contribution in [-0.2, 0) is 4.74 Å². The summed E-state index contributed by atoms with van der Waals surface area (Å²) in [5, 5.41) is 3.36. The Hall–Kier alpha value is 0.210. The molecule has 0 spiro atoms. The Morgan fingerprint density at radius 3 is 2.73 bits per heavy atom. The van der Waals surface area contributed by atoms with Crippen molar-refractivity contribution in [3.63, 3.8) is 0 Å². The fourth-order valence-corrected chi connectivity index (χ4v) is 1.09. The average Bonchev–Trinajstić information content (AvgIpc) is 1.94. The molecule has 0 saturated carbocycles. The van der Waals surface area contributed by atoms with Gasteiger partial charge in [-0.3, -0.25) is 0 Å². The Morgan fingerprint density at radius 2 is 2.09 bits per heavy atom. The van der Waals surface area contributed by atoms with E-state index in [1.807, 2.05) is 0 Å². The van der Waals surface area contributed by atoms with Gasteiger partial charge < -0.3 is 10.1 Å². The lowest BCUT2D eigenvalue weighted by Crippen LogP contribution is -2.30. The molecule has 1 unspecified atom stereocenters. The minimum atomic E-state index is 0. The summed E-state index contributed by atoms with van der Waals surface area (Å²) >= 11 is 0. The van der Waals surface area contributed by atoms with Gasteiger partial charge >= 0.3 is 0 Å². The molecule has 0 aromatic rings. The first-order chi connectivity index (χ1) is 4.60. The van der Waals surface area contributed by atoms with Gasteiger partial charge in [-0.1, -0.05) is 13.8 Å². The van der Waals surface area contributed by atoms with Crippen LogP contribution in [0.2, 0.25) is 0 Å². The van der Waals surface area contributed by atoms with Crippen molar-refractivity contribution >= 4 is 12.4 Å². The van der Waals surface area contributed by atoms with Crippen LogP contribution in [0.1, 0.15) is 20.8 Å². The van der Waals surface area contributed by atoms with Crippen molar-refractivity contribution < 1.29 is 4.74 Å². The van der Waals surface area contributed by atoms with Crippen molar-refractivity contribution in [3.8, 4) is 0 Å². The van der Waals surface area contributed by atoms with Gasteiger partial charge in [0, 0.05) is 18.5 Å². The summed E-state index contributed by atoms with van der Waals surface area (Å²) in [6, 6.07) is 0. The SMILES string of the molecule is CC1CNCC(C)(C)CO1.Cl. The highest BCUT2D eigenvalue weighted by molar-refractivity contribution is 5.85. The summed E-state index contributed by atoms with van der Waals surface area (Å²) in [7, 11) is 0. The molecule has 1 aliphatic heterocycles. The highest BCUT2D eigenvalue weighted by atomic mass is 35.5. The zero-order valence-corrected chi connectivity index (χ0v) is 8.33. The lowest BCUT2D eigenvalue weighted by atomic mass is 9.95. The molecule has 3 heteroatoms. The Kier molecular flexibility index (Phi) is 4.37. The van der Waals surface area contributed by atoms with Gasteiger partial charge in [0.25, 0.3) is 0 Å². The van der Waals surface area contributed by atoms with Gasteiger partial charge in [0.15, 0.2) is 0 Å². The Balaban J connectivity index is 0.000001000. The quantitative estimate of drug-likeness (QED) is 0.608. The molecule has 1 fully saturated rings. The van der Waals surface area contributed by atoms with Crippen LogP contribution in [0.4, 0.5) is 0 Å². The molecule has 1 aliphatic rings. The van der Waals surface area contributed by atoms with Crippen LogP contribution in [0.15, 0.2) is 0 Å². The van der Waals surface area contributed by atoms with Crippen molar-refractivity contribution in [1.82, 2.24) is 5.32 Å². The molecular formula is C8H18ClNO. The highest BCUT2D eigenvalue weighted by Gasteiger charge is 2.22. The lowest BCUT2D eigenvalue weighted by Gasteiger charge is -2.20. The molecule has 11 heavy (non-hydrogen) atoms. The van der Waals surface area contributed by atoms with E-state index >= 15 is 0 Å². The van der Waals surface area contributed by atoms with Gasteiger partial charge in [-0.15, -0.1) is 12.4 Å². The maximum Gasteiger partial charge on any atom is 0.0671 e. The van der Waals surface area contributed by atoms with Gasteiger partial charge in [0.05, 0.1) is 12.7 Å². The summed E-state index contributed by atoms with van der Waals surface area (Å²) in [4.78, 5) is 0. The van der Waals surface area contributed by atoms with E-state index < -0.39 is 0 Å². The standard InChI is InChI=1S/C8H17NO.ClH/c1-7-4-9-5-8(2,3)6-10-7;/h7,9H,4-6H2,1-3H3;1H. The zero-order valence-electron chi connectivity index (χ0n) is 7.52. The van der Waals surface area contributed by atoms with Crippen molar-refractivity contribution in [2.75, 3.05) is 19.7 Å². The Labute approximate surface area is 75.1 Å². The summed E-state index contributed by atoms with van der Waals surface area (Å²) in [6.07, 6.45) is 0.377. The molecule has 0 radical (unpaired) electrons. The zero-order chi connectivity index (χ0) is 7.61. The first kappa shape index (κ1) is 11.2. The van der Waals surface area contributed by atoms with Crippen LogP contribution in [-0.4, -0.2) is 25.8 Å². The topological polar surface area (TPSA) is 21.3 Å². The van der Waals surface area contributed by atoms with E-state index in [0.29, 0.717) is 11.5 Å². The van der Waals surface area contributed by atoms with Gasteiger partial charge in [0.1, 0.15) is 0 Å². The molecule has 0 aromatic heterocycles. The lowest BCUT2D eigenvalue weighted by molar-refractivity contribution is 0.0370. The fourth-order valence-electron chi connectivity index (χ4n) is 1.09. The van der Waals surface area contributed by atoms with Gasteiger partial charge in [-0.25, -0.2) is 0 Å².